The summed E-state index contributed by atoms with van der Waals surface area (Å²) in [4.78, 5) is 10.6. The number of hydrogen-bond donors (Lipinski definition) is 2. The first-order chi connectivity index (χ1) is 8.16. The fraction of sp³-hybridized carbons (Fsp3) is 0.308. The van der Waals surface area contributed by atoms with Crippen molar-refractivity contribution in [3.8, 4) is 0 Å². The number of rotatable bonds is 5. The summed E-state index contributed by atoms with van der Waals surface area (Å²) < 4.78 is 2.18. The number of carbonyl (C=O) groups is 1. The summed E-state index contributed by atoms with van der Waals surface area (Å²) in [5.74, 6) is -0.227. The van der Waals surface area contributed by atoms with E-state index in [2.05, 4.69) is 10.6 Å². The first-order valence-electron chi connectivity index (χ1n) is 5.79. The van der Waals surface area contributed by atoms with Gasteiger partial charge >= 0.3 is 0 Å². The maximum Gasteiger partial charge on any atom is 0.217 e. The molecule has 0 aliphatic carbocycles. The van der Waals surface area contributed by atoms with E-state index < -0.39 is 0 Å². The van der Waals surface area contributed by atoms with E-state index in [4.69, 9.17) is 11.5 Å². The first-order valence-corrected chi connectivity index (χ1v) is 5.79. The minimum atomic E-state index is -0.227. The summed E-state index contributed by atoms with van der Waals surface area (Å²) in [6.45, 7) is 0.903. The molecule has 90 valence electrons. The van der Waals surface area contributed by atoms with Gasteiger partial charge in [-0.25, -0.2) is 0 Å². The summed E-state index contributed by atoms with van der Waals surface area (Å²) in [5.41, 5.74) is 12.8. The van der Waals surface area contributed by atoms with Crippen molar-refractivity contribution in [2.45, 2.75) is 25.8 Å². The molecule has 0 saturated heterocycles. The number of nitrogen functional groups attached to an aromatic ring is 1. The number of benzene rings is 1. The minimum absolute atomic E-state index is 0.227. The van der Waals surface area contributed by atoms with Crippen molar-refractivity contribution in [1.29, 1.82) is 0 Å². The Bertz CT molecular complexity index is 530. The molecule has 1 heterocycles. The minimum Gasteiger partial charge on any atom is -0.399 e. The molecule has 1 amide bonds. The molecule has 2 rings (SSSR count). The third-order valence-electron chi connectivity index (χ3n) is 2.87. The van der Waals surface area contributed by atoms with Crippen LogP contribution in [0.4, 0.5) is 5.69 Å². The van der Waals surface area contributed by atoms with Crippen molar-refractivity contribution in [2.24, 2.45) is 5.73 Å². The van der Waals surface area contributed by atoms with Gasteiger partial charge in [0.05, 0.1) is 0 Å². The highest BCUT2D eigenvalue weighted by Gasteiger charge is 2.01. The van der Waals surface area contributed by atoms with E-state index in [9.17, 15) is 4.79 Å². The Morgan fingerprint density at radius 2 is 2.06 bits per heavy atom. The predicted octanol–water partition coefficient (Wildman–Crippen LogP) is 1.88. The number of unbranched alkanes of at least 4 members (excludes halogenated alkanes) is 1. The molecule has 2 aromatic rings. The number of fused-ring (bicyclic) bond motifs is 1. The molecule has 0 aliphatic heterocycles. The normalized spacial score (nSPS) is 10.8. The van der Waals surface area contributed by atoms with Crippen molar-refractivity contribution in [3.63, 3.8) is 0 Å². The van der Waals surface area contributed by atoms with Crippen LogP contribution in [-0.4, -0.2) is 10.5 Å². The predicted molar refractivity (Wildman–Crippen MR) is 69.4 cm³/mol. The van der Waals surface area contributed by atoms with E-state index in [0.29, 0.717) is 6.42 Å². The first kappa shape index (κ1) is 11.5. The quantitative estimate of drug-likeness (QED) is 0.609. The zero-order chi connectivity index (χ0) is 12.3. The van der Waals surface area contributed by atoms with E-state index >= 15 is 0 Å². The van der Waals surface area contributed by atoms with Gasteiger partial charge in [0, 0.05) is 35.8 Å². The van der Waals surface area contributed by atoms with Gasteiger partial charge in [0.25, 0.3) is 0 Å². The largest absolute Gasteiger partial charge is 0.399 e. The van der Waals surface area contributed by atoms with Crippen molar-refractivity contribution < 1.29 is 4.79 Å². The Balaban J connectivity index is 2.01. The molecule has 4 N–H and O–H groups in total. The molecule has 0 spiro atoms. The lowest BCUT2D eigenvalue weighted by atomic mass is 10.2. The Labute approximate surface area is 100 Å². The maximum atomic E-state index is 10.6. The number of hydrogen-bond acceptors (Lipinski definition) is 2. The number of anilines is 1. The second-order valence-corrected chi connectivity index (χ2v) is 4.25. The standard InChI is InChI=1S/C13H17N3O/c14-11-4-5-12-10(9-11)6-8-16(12)7-2-1-3-13(15)17/h4-6,8-9H,1-3,7,14H2,(H2,15,17). The molecule has 0 fully saturated rings. The van der Waals surface area contributed by atoms with Crippen LogP contribution in [0.3, 0.4) is 0 Å². The number of aryl methyl sites for hydroxylation is 1. The average Bonchev–Trinajstić information content (AvgIpc) is 2.66. The van der Waals surface area contributed by atoms with E-state index in [1.165, 1.54) is 5.52 Å². The molecule has 17 heavy (non-hydrogen) atoms. The summed E-state index contributed by atoms with van der Waals surface area (Å²) in [5, 5.41) is 1.15. The van der Waals surface area contributed by atoms with Gasteiger partial charge in [0.15, 0.2) is 0 Å². The SMILES string of the molecule is NC(=O)CCCCn1ccc2cc(N)ccc21. The number of amides is 1. The second kappa shape index (κ2) is 4.91. The van der Waals surface area contributed by atoms with Crippen molar-refractivity contribution in [3.05, 3.63) is 30.5 Å². The van der Waals surface area contributed by atoms with E-state index in [1.807, 2.05) is 24.4 Å². The third kappa shape index (κ3) is 2.78. The van der Waals surface area contributed by atoms with Gasteiger partial charge < -0.3 is 16.0 Å². The van der Waals surface area contributed by atoms with Gasteiger partial charge in [0.1, 0.15) is 0 Å². The smallest absolute Gasteiger partial charge is 0.217 e. The lowest BCUT2D eigenvalue weighted by Gasteiger charge is -2.05. The van der Waals surface area contributed by atoms with Crippen LogP contribution in [0, 0.1) is 0 Å². The lowest BCUT2D eigenvalue weighted by molar-refractivity contribution is -0.118. The van der Waals surface area contributed by atoms with Crippen LogP contribution in [0.1, 0.15) is 19.3 Å². The highest BCUT2D eigenvalue weighted by Crippen LogP contribution is 2.19. The molecule has 0 atom stereocenters. The number of primary amides is 1. The van der Waals surface area contributed by atoms with E-state index in [-0.39, 0.29) is 5.91 Å². The van der Waals surface area contributed by atoms with E-state index in [1.54, 1.807) is 0 Å². The van der Waals surface area contributed by atoms with Gasteiger partial charge in [-0.2, -0.15) is 0 Å². The number of carbonyl (C=O) groups excluding carboxylic acids is 1. The molecule has 0 radical (unpaired) electrons. The molecule has 0 unspecified atom stereocenters. The molecule has 0 aliphatic rings. The molecule has 1 aromatic carbocycles. The van der Waals surface area contributed by atoms with Gasteiger partial charge in [0.2, 0.25) is 5.91 Å². The van der Waals surface area contributed by atoms with Crippen LogP contribution >= 0.6 is 0 Å². The Hall–Kier alpha value is -1.97. The lowest BCUT2D eigenvalue weighted by Crippen LogP contribution is -2.10. The monoisotopic (exact) mass is 231 g/mol. The average molecular weight is 231 g/mol. The number of nitrogens with two attached hydrogens (primary N) is 2. The second-order valence-electron chi connectivity index (χ2n) is 4.25. The molecule has 0 saturated carbocycles. The summed E-state index contributed by atoms with van der Waals surface area (Å²) >= 11 is 0. The molecule has 0 bridgehead atoms. The summed E-state index contributed by atoms with van der Waals surface area (Å²) in [6, 6.07) is 7.95. The van der Waals surface area contributed by atoms with Crippen LogP contribution in [-0.2, 0) is 11.3 Å². The third-order valence-corrected chi connectivity index (χ3v) is 2.87. The number of nitrogens with zero attached hydrogens (tertiary/aromatic N) is 1. The molecular weight excluding hydrogens is 214 g/mol. The van der Waals surface area contributed by atoms with Gasteiger partial charge in [-0.05, 0) is 37.1 Å². The molecule has 4 heteroatoms. The Morgan fingerprint density at radius 3 is 2.82 bits per heavy atom. The van der Waals surface area contributed by atoms with Crippen LogP contribution in [0.25, 0.3) is 10.9 Å². The van der Waals surface area contributed by atoms with Crippen molar-refractivity contribution in [1.82, 2.24) is 4.57 Å². The molecular formula is C13H17N3O. The van der Waals surface area contributed by atoms with Gasteiger partial charge in [-0.1, -0.05) is 0 Å². The fourth-order valence-electron chi connectivity index (χ4n) is 1.99. The van der Waals surface area contributed by atoms with Crippen LogP contribution in [0.15, 0.2) is 30.5 Å². The fourth-order valence-corrected chi connectivity index (χ4v) is 1.99. The topological polar surface area (TPSA) is 74.0 Å². The van der Waals surface area contributed by atoms with Crippen molar-refractivity contribution in [2.75, 3.05) is 5.73 Å². The van der Waals surface area contributed by atoms with Crippen LogP contribution in [0.2, 0.25) is 0 Å². The summed E-state index contributed by atoms with van der Waals surface area (Å²) in [7, 11) is 0. The number of aromatic nitrogens is 1. The van der Waals surface area contributed by atoms with Gasteiger partial charge in [-0.15, -0.1) is 0 Å². The molecule has 4 nitrogen and oxygen atoms in total. The zero-order valence-electron chi connectivity index (χ0n) is 9.73. The Kier molecular flexibility index (Phi) is 3.32. The van der Waals surface area contributed by atoms with Crippen LogP contribution < -0.4 is 11.5 Å². The van der Waals surface area contributed by atoms with Crippen LogP contribution in [0.5, 0.6) is 0 Å². The van der Waals surface area contributed by atoms with Gasteiger partial charge in [-0.3, -0.25) is 4.79 Å². The van der Waals surface area contributed by atoms with Crippen molar-refractivity contribution >= 4 is 22.5 Å². The highest BCUT2D eigenvalue weighted by atomic mass is 16.1. The maximum absolute atomic E-state index is 10.6. The summed E-state index contributed by atoms with van der Waals surface area (Å²) in [6.07, 6.45) is 4.31. The molecule has 1 aromatic heterocycles. The zero-order valence-corrected chi connectivity index (χ0v) is 9.73. The van der Waals surface area contributed by atoms with E-state index in [0.717, 1.165) is 30.5 Å². The highest BCUT2D eigenvalue weighted by molar-refractivity contribution is 5.83. The Morgan fingerprint density at radius 1 is 1.24 bits per heavy atom.